The molecule has 0 radical (unpaired) electrons. The van der Waals surface area contributed by atoms with Crippen LogP contribution in [0, 0.1) is 5.41 Å². The van der Waals surface area contributed by atoms with Gasteiger partial charge in [-0.05, 0) is 25.0 Å². The smallest absolute Gasteiger partial charge is 0.291 e. The molecule has 1 aromatic carbocycles. The van der Waals surface area contributed by atoms with Crippen LogP contribution in [0.1, 0.15) is 23.5 Å². The zero-order valence-corrected chi connectivity index (χ0v) is 16.7. The SMILES string of the molecule is COc1ccc2nnc(C(=O)NCC3(CN4CCOCC4)CCOCC3)nc2c1. The fraction of sp³-hybridized carbons (Fsp3) is 0.600. The minimum Gasteiger partial charge on any atom is -0.497 e. The summed E-state index contributed by atoms with van der Waals surface area (Å²) in [4.78, 5) is 19.5. The summed E-state index contributed by atoms with van der Waals surface area (Å²) < 4.78 is 16.3. The molecule has 2 aromatic rings. The number of nitrogens with one attached hydrogen (secondary N) is 1. The number of carbonyl (C=O) groups excluding carboxylic acids is 1. The lowest BCUT2D eigenvalue weighted by molar-refractivity contribution is -0.0283. The standard InChI is InChI=1S/C20H27N5O4/c1-27-15-2-3-16-17(12-15)22-18(24-23-16)19(26)21-13-20(4-8-28-9-5-20)14-25-6-10-29-11-7-25/h2-3,12H,4-11,13-14H2,1H3,(H,21,26). The fourth-order valence-electron chi connectivity index (χ4n) is 3.91. The van der Waals surface area contributed by atoms with Gasteiger partial charge in [-0.25, -0.2) is 4.98 Å². The lowest BCUT2D eigenvalue weighted by Crippen LogP contribution is -2.51. The molecule has 3 heterocycles. The van der Waals surface area contributed by atoms with Crippen molar-refractivity contribution >= 4 is 16.9 Å². The van der Waals surface area contributed by atoms with Crippen molar-refractivity contribution in [3.8, 4) is 5.75 Å². The second-order valence-corrected chi connectivity index (χ2v) is 7.67. The largest absolute Gasteiger partial charge is 0.497 e. The molecule has 1 N–H and O–H groups in total. The van der Waals surface area contributed by atoms with Crippen LogP contribution in [0.5, 0.6) is 5.75 Å². The summed E-state index contributed by atoms with van der Waals surface area (Å²) in [5.41, 5.74) is 1.19. The third kappa shape index (κ3) is 4.80. The maximum atomic E-state index is 12.7. The Labute approximate surface area is 169 Å². The minimum absolute atomic E-state index is 0.0151. The van der Waals surface area contributed by atoms with Gasteiger partial charge in [0.2, 0.25) is 5.82 Å². The van der Waals surface area contributed by atoms with Crippen LogP contribution in [0.3, 0.4) is 0 Å². The van der Waals surface area contributed by atoms with E-state index in [9.17, 15) is 4.79 Å². The Morgan fingerprint density at radius 3 is 2.66 bits per heavy atom. The maximum Gasteiger partial charge on any atom is 0.291 e. The Balaban J connectivity index is 1.45. The van der Waals surface area contributed by atoms with Crippen LogP contribution in [-0.4, -0.2) is 85.7 Å². The molecule has 0 aliphatic carbocycles. The molecule has 0 bridgehead atoms. The zero-order chi connectivity index (χ0) is 20.1. The van der Waals surface area contributed by atoms with Crippen LogP contribution in [-0.2, 0) is 9.47 Å². The minimum atomic E-state index is -0.310. The van der Waals surface area contributed by atoms with E-state index in [1.165, 1.54) is 0 Å². The molecule has 1 aromatic heterocycles. The van der Waals surface area contributed by atoms with Gasteiger partial charge in [0.05, 0.1) is 25.8 Å². The van der Waals surface area contributed by atoms with Crippen molar-refractivity contribution < 1.29 is 19.0 Å². The van der Waals surface area contributed by atoms with Gasteiger partial charge in [0.15, 0.2) is 0 Å². The van der Waals surface area contributed by atoms with E-state index in [0.29, 0.717) is 36.5 Å². The summed E-state index contributed by atoms with van der Waals surface area (Å²) in [5, 5.41) is 11.2. The maximum absolute atomic E-state index is 12.7. The molecule has 2 aliphatic rings. The first-order valence-corrected chi connectivity index (χ1v) is 10.0. The second-order valence-electron chi connectivity index (χ2n) is 7.67. The summed E-state index contributed by atoms with van der Waals surface area (Å²) in [5.74, 6) is 0.422. The first-order valence-electron chi connectivity index (χ1n) is 10.0. The number of aromatic nitrogens is 3. The highest BCUT2D eigenvalue weighted by Gasteiger charge is 2.35. The molecular formula is C20H27N5O4. The van der Waals surface area contributed by atoms with Gasteiger partial charge in [0.25, 0.3) is 5.91 Å². The molecular weight excluding hydrogens is 374 g/mol. The number of benzene rings is 1. The van der Waals surface area contributed by atoms with Crippen LogP contribution in [0.2, 0.25) is 0 Å². The Kier molecular flexibility index (Phi) is 6.17. The predicted octanol–water partition coefficient (Wildman–Crippen LogP) is 0.892. The third-order valence-corrected chi connectivity index (χ3v) is 5.70. The van der Waals surface area contributed by atoms with E-state index in [0.717, 1.165) is 45.7 Å². The number of morpholine rings is 1. The highest BCUT2D eigenvalue weighted by atomic mass is 16.5. The molecule has 9 heteroatoms. The highest BCUT2D eigenvalue weighted by Crippen LogP contribution is 2.31. The molecule has 2 aliphatic heterocycles. The van der Waals surface area contributed by atoms with Crippen molar-refractivity contribution in [2.45, 2.75) is 12.8 Å². The molecule has 156 valence electrons. The normalized spacial score (nSPS) is 19.8. The van der Waals surface area contributed by atoms with Crippen molar-refractivity contribution in [3.05, 3.63) is 24.0 Å². The molecule has 4 rings (SSSR count). The van der Waals surface area contributed by atoms with E-state index >= 15 is 0 Å². The van der Waals surface area contributed by atoms with E-state index in [1.807, 2.05) is 0 Å². The Morgan fingerprint density at radius 2 is 1.90 bits per heavy atom. The molecule has 9 nitrogen and oxygen atoms in total. The van der Waals surface area contributed by atoms with Crippen LogP contribution in [0.15, 0.2) is 18.2 Å². The number of ether oxygens (including phenoxy) is 3. The summed E-state index contributed by atoms with van der Waals surface area (Å²) in [6.45, 7) is 6.30. The quantitative estimate of drug-likeness (QED) is 0.762. The molecule has 29 heavy (non-hydrogen) atoms. The van der Waals surface area contributed by atoms with Crippen molar-refractivity contribution in [1.82, 2.24) is 25.4 Å². The van der Waals surface area contributed by atoms with Crippen LogP contribution in [0.4, 0.5) is 0 Å². The number of hydrogen-bond donors (Lipinski definition) is 1. The van der Waals surface area contributed by atoms with E-state index in [4.69, 9.17) is 14.2 Å². The first kappa shape index (κ1) is 19.9. The number of fused-ring (bicyclic) bond motifs is 1. The van der Waals surface area contributed by atoms with Gasteiger partial charge < -0.3 is 19.5 Å². The van der Waals surface area contributed by atoms with Crippen LogP contribution >= 0.6 is 0 Å². The Bertz CT molecular complexity index is 850. The van der Waals surface area contributed by atoms with Gasteiger partial charge in [-0.15, -0.1) is 10.2 Å². The predicted molar refractivity (Wildman–Crippen MR) is 106 cm³/mol. The van der Waals surface area contributed by atoms with Gasteiger partial charge in [-0.3, -0.25) is 9.69 Å². The van der Waals surface area contributed by atoms with Crippen LogP contribution in [0.25, 0.3) is 11.0 Å². The number of hydrogen-bond acceptors (Lipinski definition) is 8. The number of nitrogens with zero attached hydrogens (tertiary/aromatic N) is 4. The molecule has 0 spiro atoms. The second kappa shape index (κ2) is 8.98. The Morgan fingerprint density at radius 1 is 1.14 bits per heavy atom. The molecule has 0 unspecified atom stereocenters. The first-order chi connectivity index (χ1) is 14.2. The van der Waals surface area contributed by atoms with Crippen molar-refractivity contribution in [1.29, 1.82) is 0 Å². The summed E-state index contributed by atoms with van der Waals surface area (Å²) >= 11 is 0. The Hall–Kier alpha value is -2.36. The molecule has 0 atom stereocenters. The number of rotatable bonds is 6. The fourth-order valence-corrected chi connectivity index (χ4v) is 3.91. The van der Waals surface area contributed by atoms with Gasteiger partial charge in [0, 0.05) is 50.9 Å². The zero-order valence-electron chi connectivity index (χ0n) is 16.7. The summed E-state index contributed by atoms with van der Waals surface area (Å²) in [6.07, 6.45) is 1.83. The third-order valence-electron chi connectivity index (χ3n) is 5.70. The summed E-state index contributed by atoms with van der Waals surface area (Å²) in [7, 11) is 1.59. The van der Waals surface area contributed by atoms with Gasteiger partial charge in [-0.2, -0.15) is 0 Å². The lowest BCUT2D eigenvalue weighted by Gasteiger charge is -2.42. The van der Waals surface area contributed by atoms with Crippen molar-refractivity contribution in [3.63, 3.8) is 0 Å². The van der Waals surface area contributed by atoms with Gasteiger partial charge >= 0.3 is 0 Å². The van der Waals surface area contributed by atoms with E-state index < -0.39 is 0 Å². The topological polar surface area (TPSA) is 98.7 Å². The van der Waals surface area contributed by atoms with Gasteiger partial charge in [-0.1, -0.05) is 0 Å². The number of carbonyl (C=O) groups is 1. The molecule has 2 saturated heterocycles. The number of methoxy groups -OCH3 is 1. The van der Waals surface area contributed by atoms with Gasteiger partial charge in [0.1, 0.15) is 11.3 Å². The van der Waals surface area contributed by atoms with E-state index in [2.05, 4.69) is 25.4 Å². The highest BCUT2D eigenvalue weighted by molar-refractivity contribution is 5.92. The lowest BCUT2D eigenvalue weighted by atomic mass is 9.79. The molecule has 2 fully saturated rings. The van der Waals surface area contributed by atoms with Crippen molar-refractivity contribution in [2.75, 3.05) is 59.7 Å². The van der Waals surface area contributed by atoms with E-state index in [-0.39, 0.29) is 17.1 Å². The van der Waals surface area contributed by atoms with Crippen LogP contribution < -0.4 is 10.1 Å². The number of amides is 1. The average molecular weight is 401 g/mol. The molecule has 0 saturated carbocycles. The van der Waals surface area contributed by atoms with E-state index in [1.54, 1.807) is 25.3 Å². The average Bonchev–Trinajstić information content (AvgIpc) is 2.78. The monoisotopic (exact) mass is 401 g/mol. The summed E-state index contributed by atoms with van der Waals surface area (Å²) in [6, 6.07) is 5.31. The molecule has 1 amide bonds. The van der Waals surface area contributed by atoms with Crippen molar-refractivity contribution in [2.24, 2.45) is 5.41 Å².